The third-order valence-corrected chi connectivity index (χ3v) is 2.24. The van der Waals surface area contributed by atoms with Gasteiger partial charge in [0.2, 0.25) is 0 Å². The number of phenols is 1. The van der Waals surface area contributed by atoms with Crippen molar-refractivity contribution >= 4 is 0 Å². The van der Waals surface area contributed by atoms with Gasteiger partial charge in [-0.05, 0) is 17.7 Å². The van der Waals surface area contributed by atoms with Crippen molar-refractivity contribution in [2.24, 2.45) is 0 Å². The number of hydrogen-bond acceptors (Lipinski definition) is 3. The summed E-state index contributed by atoms with van der Waals surface area (Å²) in [6.45, 7) is 4.93. The smallest absolute Gasteiger partial charge is 0.115 e. The molecule has 0 radical (unpaired) electrons. The van der Waals surface area contributed by atoms with E-state index in [1.54, 1.807) is 19.2 Å². The molecule has 0 aliphatic heterocycles. The molecule has 0 amide bonds. The number of hydrogen-bond donors (Lipinski definition) is 2. The predicted molar refractivity (Wildman–Crippen MR) is 61.0 cm³/mol. The van der Waals surface area contributed by atoms with Crippen LogP contribution in [0.1, 0.15) is 25.5 Å². The fourth-order valence-electron chi connectivity index (χ4n) is 1.41. The van der Waals surface area contributed by atoms with Crippen LogP contribution in [0.15, 0.2) is 24.3 Å². The Kier molecular flexibility index (Phi) is 4.59. The minimum Gasteiger partial charge on any atom is -0.508 e. The van der Waals surface area contributed by atoms with Gasteiger partial charge < -0.3 is 15.2 Å². The Hall–Kier alpha value is -1.06. The number of rotatable bonds is 5. The minimum atomic E-state index is -0.0144. The van der Waals surface area contributed by atoms with Gasteiger partial charge in [0.1, 0.15) is 5.75 Å². The van der Waals surface area contributed by atoms with E-state index in [0.717, 1.165) is 12.1 Å². The van der Waals surface area contributed by atoms with Crippen LogP contribution in [0.25, 0.3) is 0 Å². The lowest BCUT2D eigenvalue weighted by Crippen LogP contribution is -2.28. The average molecular weight is 209 g/mol. The number of nitrogens with one attached hydrogen (secondary N) is 1. The van der Waals surface area contributed by atoms with Gasteiger partial charge in [0.15, 0.2) is 0 Å². The van der Waals surface area contributed by atoms with Gasteiger partial charge in [0.05, 0.1) is 6.10 Å². The van der Waals surface area contributed by atoms with E-state index in [-0.39, 0.29) is 11.9 Å². The van der Waals surface area contributed by atoms with Gasteiger partial charge in [-0.3, -0.25) is 0 Å². The van der Waals surface area contributed by atoms with Crippen LogP contribution >= 0.6 is 0 Å². The topological polar surface area (TPSA) is 41.5 Å². The second-order valence-corrected chi connectivity index (χ2v) is 3.88. The first-order valence-corrected chi connectivity index (χ1v) is 5.18. The summed E-state index contributed by atoms with van der Waals surface area (Å²) in [6, 6.07) is 7.60. The van der Waals surface area contributed by atoms with E-state index in [0.29, 0.717) is 6.04 Å². The summed E-state index contributed by atoms with van der Waals surface area (Å²) in [4.78, 5) is 0. The molecule has 0 aromatic heterocycles. The molecule has 1 atom stereocenters. The van der Waals surface area contributed by atoms with Crippen molar-refractivity contribution in [1.82, 2.24) is 5.32 Å². The summed E-state index contributed by atoms with van der Waals surface area (Å²) in [6.07, 6.45) is -0.0144. The molecule has 0 bridgehead atoms. The lowest BCUT2D eigenvalue weighted by Gasteiger charge is -2.18. The van der Waals surface area contributed by atoms with E-state index in [4.69, 9.17) is 4.74 Å². The van der Waals surface area contributed by atoms with Gasteiger partial charge in [0, 0.05) is 19.7 Å². The first-order valence-electron chi connectivity index (χ1n) is 5.18. The number of aromatic hydroxyl groups is 1. The van der Waals surface area contributed by atoms with Crippen LogP contribution in [0.3, 0.4) is 0 Å². The van der Waals surface area contributed by atoms with E-state index in [2.05, 4.69) is 19.2 Å². The lowest BCUT2D eigenvalue weighted by atomic mass is 10.1. The molecule has 3 heteroatoms. The van der Waals surface area contributed by atoms with Gasteiger partial charge in [-0.2, -0.15) is 0 Å². The maximum Gasteiger partial charge on any atom is 0.115 e. The molecule has 84 valence electrons. The molecular weight excluding hydrogens is 190 g/mol. The Morgan fingerprint density at radius 3 is 2.67 bits per heavy atom. The molecule has 0 spiro atoms. The van der Waals surface area contributed by atoms with Crippen LogP contribution in [-0.4, -0.2) is 24.8 Å². The Labute approximate surface area is 91.1 Å². The SMILES string of the molecule is COC(CNC(C)C)c1cccc(O)c1. The first-order chi connectivity index (χ1) is 7.13. The van der Waals surface area contributed by atoms with E-state index in [1.807, 2.05) is 12.1 Å². The van der Waals surface area contributed by atoms with Crippen molar-refractivity contribution in [3.63, 3.8) is 0 Å². The Morgan fingerprint density at radius 2 is 2.13 bits per heavy atom. The van der Waals surface area contributed by atoms with Crippen LogP contribution in [-0.2, 0) is 4.74 Å². The highest BCUT2D eigenvalue weighted by Crippen LogP contribution is 2.20. The van der Waals surface area contributed by atoms with E-state index in [9.17, 15) is 5.11 Å². The molecule has 2 N–H and O–H groups in total. The molecule has 0 heterocycles. The summed E-state index contributed by atoms with van der Waals surface area (Å²) in [7, 11) is 1.68. The molecule has 1 unspecified atom stereocenters. The van der Waals surface area contributed by atoms with Crippen LogP contribution in [0.4, 0.5) is 0 Å². The Bertz CT molecular complexity index is 299. The van der Waals surface area contributed by atoms with Crippen LogP contribution in [0.2, 0.25) is 0 Å². The quantitative estimate of drug-likeness (QED) is 0.780. The molecule has 0 fully saturated rings. The maximum atomic E-state index is 9.36. The zero-order valence-electron chi connectivity index (χ0n) is 9.53. The minimum absolute atomic E-state index is 0.0144. The highest BCUT2D eigenvalue weighted by Gasteiger charge is 2.10. The lowest BCUT2D eigenvalue weighted by molar-refractivity contribution is 0.100. The maximum absolute atomic E-state index is 9.36. The molecule has 1 rings (SSSR count). The van der Waals surface area contributed by atoms with Crippen molar-refractivity contribution in [3.05, 3.63) is 29.8 Å². The fourth-order valence-corrected chi connectivity index (χ4v) is 1.41. The zero-order chi connectivity index (χ0) is 11.3. The normalized spacial score (nSPS) is 13.1. The summed E-state index contributed by atoms with van der Waals surface area (Å²) < 4.78 is 5.37. The molecule has 1 aromatic rings. The van der Waals surface area contributed by atoms with Crippen LogP contribution in [0.5, 0.6) is 5.75 Å². The van der Waals surface area contributed by atoms with Crippen molar-refractivity contribution in [2.45, 2.75) is 26.0 Å². The van der Waals surface area contributed by atoms with Crippen molar-refractivity contribution in [2.75, 3.05) is 13.7 Å². The van der Waals surface area contributed by atoms with Gasteiger partial charge in [-0.25, -0.2) is 0 Å². The van der Waals surface area contributed by atoms with Gasteiger partial charge in [0.25, 0.3) is 0 Å². The van der Waals surface area contributed by atoms with Gasteiger partial charge >= 0.3 is 0 Å². The monoisotopic (exact) mass is 209 g/mol. The van der Waals surface area contributed by atoms with E-state index < -0.39 is 0 Å². The number of phenolic OH excluding ortho intramolecular Hbond substituents is 1. The third kappa shape index (κ3) is 3.90. The number of ether oxygens (including phenoxy) is 1. The van der Waals surface area contributed by atoms with E-state index in [1.165, 1.54) is 0 Å². The Morgan fingerprint density at radius 1 is 1.40 bits per heavy atom. The predicted octanol–water partition coefficient (Wildman–Crippen LogP) is 2.08. The summed E-state index contributed by atoms with van der Waals surface area (Å²) in [5.41, 5.74) is 0.991. The second-order valence-electron chi connectivity index (χ2n) is 3.88. The average Bonchev–Trinajstić information content (AvgIpc) is 2.18. The summed E-state index contributed by atoms with van der Waals surface area (Å²) in [5.74, 6) is 0.277. The highest BCUT2D eigenvalue weighted by molar-refractivity contribution is 5.28. The second kappa shape index (κ2) is 5.73. The zero-order valence-corrected chi connectivity index (χ0v) is 9.53. The van der Waals surface area contributed by atoms with Gasteiger partial charge in [-0.15, -0.1) is 0 Å². The van der Waals surface area contributed by atoms with Crippen LogP contribution < -0.4 is 5.32 Å². The first kappa shape index (κ1) is 12.0. The molecule has 1 aromatic carbocycles. The highest BCUT2D eigenvalue weighted by atomic mass is 16.5. The molecule has 0 saturated carbocycles. The van der Waals surface area contributed by atoms with Crippen molar-refractivity contribution < 1.29 is 9.84 Å². The van der Waals surface area contributed by atoms with Crippen LogP contribution in [0, 0.1) is 0 Å². The molecular formula is C12H19NO2. The Balaban J connectivity index is 2.65. The molecule has 0 aliphatic carbocycles. The summed E-state index contributed by atoms with van der Waals surface area (Å²) >= 11 is 0. The fraction of sp³-hybridized carbons (Fsp3) is 0.500. The number of methoxy groups -OCH3 is 1. The van der Waals surface area contributed by atoms with Crippen molar-refractivity contribution in [3.8, 4) is 5.75 Å². The number of benzene rings is 1. The van der Waals surface area contributed by atoms with E-state index >= 15 is 0 Å². The van der Waals surface area contributed by atoms with Crippen molar-refractivity contribution in [1.29, 1.82) is 0 Å². The summed E-state index contributed by atoms with van der Waals surface area (Å²) in [5, 5.41) is 12.7. The largest absolute Gasteiger partial charge is 0.508 e. The third-order valence-electron chi connectivity index (χ3n) is 2.24. The molecule has 3 nitrogen and oxygen atoms in total. The molecule has 0 saturated heterocycles. The standard InChI is InChI=1S/C12H19NO2/c1-9(2)13-8-12(15-3)10-5-4-6-11(14)7-10/h4-7,9,12-14H,8H2,1-3H3. The molecule has 15 heavy (non-hydrogen) atoms. The molecule has 0 aliphatic rings. The van der Waals surface area contributed by atoms with Gasteiger partial charge in [-0.1, -0.05) is 26.0 Å².